The van der Waals surface area contributed by atoms with E-state index in [2.05, 4.69) is 0 Å². The Kier molecular flexibility index (Phi) is 3.21. The average molecular weight is 230 g/mol. The van der Waals surface area contributed by atoms with E-state index >= 15 is 0 Å². The molecule has 0 heterocycles. The summed E-state index contributed by atoms with van der Waals surface area (Å²) in [6.07, 6.45) is -0.0805. The van der Waals surface area contributed by atoms with E-state index < -0.39 is 10.0 Å². The first-order valence-corrected chi connectivity index (χ1v) is 5.94. The molecule has 0 atom stereocenters. The molecule has 0 spiro atoms. The normalized spacial score (nSPS) is 11.7. The lowest BCUT2D eigenvalue weighted by molar-refractivity contribution is 0.243. The lowest BCUT2D eigenvalue weighted by atomic mass is 10.3. The summed E-state index contributed by atoms with van der Waals surface area (Å²) < 4.78 is 27.5. The second-order valence-corrected chi connectivity index (χ2v) is 4.97. The van der Waals surface area contributed by atoms with Gasteiger partial charge in [-0.2, -0.15) is 0 Å². The highest BCUT2D eigenvalue weighted by atomic mass is 32.2. The van der Waals surface area contributed by atoms with Crippen LogP contribution >= 0.6 is 0 Å². The Morgan fingerprint density at radius 1 is 1.33 bits per heavy atom. The zero-order chi connectivity index (χ0) is 11.6. The molecule has 0 aromatic heterocycles. The molecule has 5 nitrogen and oxygen atoms in total. The molecule has 0 unspecified atom stereocenters. The van der Waals surface area contributed by atoms with E-state index in [-0.39, 0.29) is 11.0 Å². The molecule has 6 heteroatoms. The monoisotopic (exact) mass is 230 g/mol. The molecule has 1 aromatic carbocycles. The van der Waals surface area contributed by atoms with Crippen molar-refractivity contribution < 1.29 is 13.2 Å². The molecule has 4 N–H and O–H groups in total. The van der Waals surface area contributed by atoms with Crippen molar-refractivity contribution in [1.82, 2.24) is 0 Å². The largest absolute Gasteiger partial charge is 0.489 e. The Bertz CT molecular complexity index is 454. The van der Waals surface area contributed by atoms with Crippen molar-refractivity contribution in [2.24, 2.45) is 5.14 Å². The van der Waals surface area contributed by atoms with Crippen molar-refractivity contribution in [2.75, 3.05) is 5.73 Å². The summed E-state index contributed by atoms with van der Waals surface area (Å²) in [5.41, 5.74) is 6.01. The Labute approximate surface area is 89.1 Å². The van der Waals surface area contributed by atoms with Crippen molar-refractivity contribution in [2.45, 2.75) is 24.8 Å². The van der Waals surface area contributed by atoms with Crippen molar-refractivity contribution >= 4 is 15.7 Å². The number of hydrogen-bond acceptors (Lipinski definition) is 4. The fraction of sp³-hybridized carbons (Fsp3) is 0.333. The Morgan fingerprint density at radius 3 is 2.40 bits per heavy atom. The van der Waals surface area contributed by atoms with Gasteiger partial charge in [0.15, 0.2) is 0 Å². The first kappa shape index (κ1) is 11.8. The highest BCUT2D eigenvalue weighted by Crippen LogP contribution is 2.25. The van der Waals surface area contributed by atoms with E-state index in [1.54, 1.807) is 0 Å². The zero-order valence-electron chi connectivity index (χ0n) is 8.60. The summed E-state index contributed by atoms with van der Waals surface area (Å²) >= 11 is 0. The van der Waals surface area contributed by atoms with Crippen LogP contribution in [-0.4, -0.2) is 14.5 Å². The summed E-state index contributed by atoms with van der Waals surface area (Å²) in [5, 5.41) is 4.98. The predicted octanol–water partition coefficient (Wildman–Crippen LogP) is 0.703. The van der Waals surface area contributed by atoms with Crippen LogP contribution < -0.4 is 15.6 Å². The van der Waals surface area contributed by atoms with Crippen LogP contribution in [0.1, 0.15) is 13.8 Å². The number of sulfonamides is 1. The first-order chi connectivity index (χ1) is 6.80. The van der Waals surface area contributed by atoms with E-state index in [0.717, 1.165) is 0 Å². The van der Waals surface area contributed by atoms with Gasteiger partial charge in [-0.1, -0.05) is 0 Å². The van der Waals surface area contributed by atoms with Crippen LogP contribution in [-0.2, 0) is 10.0 Å². The molecule has 15 heavy (non-hydrogen) atoms. The summed E-state index contributed by atoms with van der Waals surface area (Å²) in [4.78, 5) is -0.00708. The summed E-state index contributed by atoms with van der Waals surface area (Å²) in [7, 11) is -3.71. The van der Waals surface area contributed by atoms with Crippen LogP contribution in [0.4, 0.5) is 5.69 Å². The van der Waals surface area contributed by atoms with E-state index in [9.17, 15) is 8.42 Å². The Hall–Kier alpha value is -1.27. The highest BCUT2D eigenvalue weighted by molar-refractivity contribution is 7.89. The maximum atomic E-state index is 11.1. The number of nitrogen functional groups attached to an aromatic ring is 1. The molecule has 0 fully saturated rings. The van der Waals surface area contributed by atoms with Crippen LogP contribution in [0, 0.1) is 0 Å². The second kappa shape index (κ2) is 4.08. The van der Waals surface area contributed by atoms with Crippen molar-refractivity contribution in [3.05, 3.63) is 18.2 Å². The van der Waals surface area contributed by atoms with Gasteiger partial charge in [0.2, 0.25) is 10.0 Å². The molecule has 1 aromatic rings. The maximum Gasteiger partial charge on any atom is 0.238 e. The molecule has 0 saturated heterocycles. The predicted molar refractivity (Wildman–Crippen MR) is 58.0 cm³/mol. The second-order valence-electron chi connectivity index (χ2n) is 3.41. The molecule has 0 bridgehead atoms. The quantitative estimate of drug-likeness (QED) is 0.747. The minimum absolute atomic E-state index is 0.00708. The van der Waals surface area contributed by atoms with Crippen LogP contribution in [0.25, 0.3) is 0 Å². The number of nitrogens with two attached hydrogens (primary N) is 2. The third-order valence-electron chi connectivity index (χ3n) is 1.68. The summed E-state index contributed by atoms with van der Waals surface area (Å²) in [6.45, 7) is 3.64. The molecule has 0 aliphatic carbocycles. The van der Waals surface area contributed by atoms with E-state index in [1.165, 1.54) is 18.2 Å². The smallest absolute Gasteiger partial charge is 0.238 e. The Balaban J connectivity index is 3.17. The van der Waals surface area contributed by atoms with Gasteiger partial charge < -0.3 is 10.5 Å². The van der Waals surface area contributed by atoms with Gasteiger partial charge in [-0.3, -0.25) is 0 Å². The fourth-order valence-corrected chi connectivity index (χ4v) is 1.58. The minimum atomic E-state index is -3.71. The van der Waals surface area contributed by atoms with Gasteiger partial charge in [-0.05, 0) is 26.0 Å². The minimum Gasteiger partial charge on any atom is -0.489 e. The molecule has 0 saturated carbocycles. The van der Waals surface area contributed by atoms with Gasteiger partial charge in [0.1, 0.15) is 5.75 Å². The number of hydrogen-bond donors (Lipinski definition) is 2. The van der Waals surface area contributed by atoms with E-state index in [1.807, 2.05) is 13.8 Å². The van der Waals surface area contributed by atoms with Crippen LogP contribution in [0.2, 0.25) is 0 Å². The molecular formula is C9H14N2O3S. The van der Waals surface area contributed by atoms with Crippen molar-refractivity contribution in [3.63, 3.8) is 0 Å². The average Bonchev–Trinajstić information content (AvgIpc) is 2.06. The summed E-state index contributed by atoms with van der Waals surface area (Å²) in [6, 6.07) is 4.12. The van der Waals surface area contributed by atoms with E-state index in [4.69, 9.17) is 15.6 Å². The van der Waals surface area contributed by atoms with Crippen LogP contribution in [0.3, 0.4) is 0 Å². The Morgan fingerprint density at radius 2 is 1.93 bits per heavy atom. The van der Waals surface area contributed by atoms with E-state index in [0.29, 0.717) is 11.4 Å². The molecule has 0 aliphatic heterocycles. The number of primary sulfonamides is 1. The number of rotatable bonds is 3. The molecule has 0 radical (unpaired) electrons. The van der Waals surface area contributed by atoms with Crippen molar-refractivity contribution in [1.29, 1.82) is 0 Å². The topological polar surface area (TPSA) is 95.4 Å². The zero-order valence-corrected chi connectivity index (χ0v) is 9.41. The van der Waals surface area contributed by atoms with Gasteiger partial charge in [-0.25, -0.2) is 13.6 Å². The molecule has 84 valence electrons. The van der Waals surface area contributed by atoms with Gasteiger partial charge in [-0.15, -0.1) is 0 Å². The molecule has 0 aliphatic rings. The standard InChI is InChI=1S/C9H14N2O3S/c1-6(2)14-9-5-7(15(11,12)13)3-4-8(9)10/h3-6H,10H2,1-2H3,(H2,11,12,13). The number of anilines is 1. The fourth-order valence-electron chi connectivity index (χ4n) is 1.05. The van der Waals surface area contributed by atoms with Crippen LogP contribution in [0.15, 0.2) is 23.1 Å². The third-order valence-corrected chi connectivity index (χ3v) is 2.59. The highest BCUT2D eigenvalue weighted by Gasteiger charge is 2.11. The lowest BCUT2D eigenvalue weighted by Crippen LogP contribution is -2.13. The third kappa shape index (κ3) is 3.10. The number of ether oxygens (including phenoxy) is 1. The molecule has 1 rings (SSSR count). The lowest BCUT2D eigenvalue weighted by Gasteiger charge is -2.12. The van der Waals surface area contributed by atoms with Crippen molar-refractivity contribution in [3.8, 4) is 5.75 Å². The number of benzene rings is 1. The van der Waals surface area contributed by atoms with Gasteiger partial charge in [0.25, 0.3) is 0 Å². The SMILES string of the molecule is CC(C)Oc1cc(S(N)(=O)=O)ccc1N. The summed E-state index contributed by atoms with van der Waals surface area (Å²) in [5.74, 6) is 0.330. The van der Waals surface area contributed by atoms with Gasteiger partial charge in [0, 0.05) is 6.07 Å². The maximum absolute atomic E-state index is 11.1. The molecule has 0 amide bonds. The van der Waals surface area contributed by atoms with Gasteiger partial charge in [0.05, 0.1) is 16.7 Å². The molecular weight excluding hydrogens is 216 g/mol. The van der Waals surface area contributed by atoms with Crippen LogP contribution in [0.5, 0.6) is 5.75 Å². The van der Waals surface area contributed by atoms with Gasteiger partial charge >= 0.3 is 0 Å². The first-order valence-electron chi connectivity index (χ1n) is 4.39.